The molecule has 1 amide bonds. The number of carbonyl (C=O) groups excluding carboxylic acids is 1. The summed E-state index contributed by atoms with van der Waals surface area (Å²) in [7, 11) is 0. The van der Waals surface area contributed by atoms with E-state index >= 15 is 0 Å². The lowest BCUT2D eigenvalue weighted by atomic mass is 10.2. The number of amides is 1. The van der Waals surface area contributed by atoms with E-state index in [1.165, 1.54) is 0 Å². The SMILES string of the molecule is O=C(CCSc1ccc(Cl)cc1)NCC(O)C1CC1. The molecule has 0 saturated heterocycles. The number of hydrogen-bond donors (Lipinski definition) is 2. The minimum Gasteiger partial charge on any atom is -0.391 e. The van der Waals surface area contributed by atoms with Gasteiger partial charge < -0.3 is 10.4 Å². The van der Waals surface area contributed by atoms with Gasteiger partial charge in [0.15, 0.2) is 0 Å². The van der Waals surface area contributed by atoms with Gasteiger partial charge in [-0.3, -0.25) is 4.79 Å². The molecule has 0 heterocycles. The molecule has 2 N–H and O–H groups in total. The number of thioether (sulfide) groups is 1. The Bertz CT molecular complexity index is 420. The number of benzene rings is 1. The molecule has 1 saturated carbocycles. The fourth-order valence-corrected chi connectivity index (χ4v) is 2.72. The summed E-state index contributed by atoms with van der Waals surface area (Å²) in [6, 6.07) is 7.58. The lowest BCUT2D eigenvalue weighted by Gasteiger charge is -2.10. The van der Waals surface area contributed by atoms with Gasteiger partial charge >= 0.3 is 0 Å². The second-order valence-corrected chi connectivity index (χ2v) is 6.37. The molecule has 0 bridgehead atoms. The van der Waals surface area contributed by atoms with Crippen molar-refractivity contribution < 1.29 is 9.90 Å². The van der Waals surface area contributed by atoms with Gasteiger partial charge in [0.2, 0.25) is 5.91 Å². The summed E-state index contributed by atoms with van der Waals surface area (Å²) in [5.41, 5.74) is 0. The highest BCUT2D eigenvalue weighted by molar-refractivity contribution is 7.99. The van der Waals surface area contributed by atoms with E-state index < -0.39 is 0 Å². The van der Waals surface area contributed by atoms with Crippen LogP contribution in [0.2, 0.25) is 5.02 Å². The molecule has 3 nitrogen and oxygen atoms in total. The minimum absolute atomic E-state index is 0.00108. The van der Waals surface area contributed by atoms with Crippen molar-refractivity contribution in [2.75, 3.05) is 12.3 Å². The molecule has 1 aromatic rings. The quantitative estimate of drug-likeness (QED) is 0.761. The van der Waals surface area contributed by atoms with Crippen molar-refractivity contribution in [2.24, 2.45) is 5.92 Å². The summed E-state index contributed by atoms with van der Waals surface area (Å²) in [4.78, 5) is 12.7. The minimum atomic E-state index is -0.368. The molecular formula is C14H18ClNO2S. The molecule has 0 aromatic heterocycles. The molecule has 1 unspecified atom stereocenters. The maximum atomic E-state index is 11.6. The molecule has 104 valence electrons. The van der Waals surface area contributed by atoms with E-state index in [2.05, 4.69) is 5.32 Å². The van der Waals surface area contributed by atoms with Crippen LogP contribution in [0, 0.1) is 5.92 Å². The summed E-state index contributed by atoms with van der Waals surface area (Å²) >= 11 is 7.43. The van der Waals surface area contributed by atoms with E-state index in [1.807, 2.05) is 24.3 Å². The number of aliphatic hydroxyl groups is 1. The van der Waals surface area contributed by atoms with Crippen LogP contribution in [0.15, 0.2) is 29.2 Å². The van der Waals surface area contributed by atoms with Crippen LogP contribution in [0.3, 0.4) is 0 Å². The predicted octanol–water partition coefficient (Wildman–Crippen LogP) is 2.71. The predicted molar refractivity (Wildman–Crippen MR) is 78.5 cm³/mol. The number of carbonyl (C=O) groups is 1. The van der Waals surface area contributed by atoms with Gasteiger partial charge in [-0.25, -0.2) is 0 Å². The summed E-state index contributed by atoms with van der Waals surface area (Å²) in [6.07, 6.45) is 2.27. The van der Waals surface area contributed by atoms with Gasteiger partial charge in [-0.2, -0.15) is 0 Å². The van der Waals surface area contributed by atoms with E-state index in [1.54, 1.807) is 11.8 Å². The van der Waals surface area contributed by atoms with E-state index in [0.717, 1.165) is 28.5 Å². The Balaban J connectivity index is 1.59. The van der Waals surface area contributed by atoms with Gasteiger partial charge in [-0.15, -0.1) is 11.8 Å². The monoisotopic (exact) mass is 299 g/mol. The van der Waals surface area contributed by atoms with E-state index in [4.69, 9.17) is 11.6 Å². The second kappa shape index (κ2) is 7.17. The fourth-order valence-electron chi connectivity index (χ4n) is 1.75. The summed E-state index contributed by atoms with van der Waals surface area (Å²) in [5.74, 6) is 1.14. The Morgan fingerprint density at radius 2 is 2.11 bits per heavy atom. The first-order valence-electron chi connectivity index (χ1n) is 6.48. The van der Waals surface area contributed by atoms with Gasteiger partial charge in [-0.05, 0) is 43.0 Å². The van der Waals surface area contributed by atoms with Crippen LogP contribution in [-0.2, 0) is 4.79 Å². The summed E-state index contributed by atoms with van der Waals surface area (Å²) < 4.78 is 0. The average molecular weight is 300 g/mol. The van der Waals surface area contributed by atoms with Crippen LogP contribution in [-0.4, -0.2) is 29.4 Å². The van der Waals surface area contributed by atoms with Gasteiger partial charge in [0.25, 0.3) is 0 Å². The summed E-state index contributed by atoms with van der Waals surface area (Å²) in [6.45, 7) is 0.384. The van der Waals surface area contributed by atoms with Crippen LogP contribution in [0.1, 0.15) is 19.3 Å². The normalized spacial score (nSPS) is 16.1. The largest absolute Gasteiger partial charge is 0.391 e. The van der Waals surface area contributed by atoms with E-state index in [0.29, 0.717) is 18.9 Å². The zero-order valence-electron chi connectivity index (χ0n) is 10.6. The molecular weight excluding hydrogens is 282 g/mol. The van der Waals surface area contributed by atoms with Crippen molar-refractivity contribution in [3.63, 3.8) is 0 Å². The number of hydrogen-bond acceptors (Lipinski definition) is 3. The fraction of sp³-hybridized carbons (Fsp3) is 0.500. The highest BCUT2D eigenvalue weighted by Gasteiger charge is 2.29. The third kappa shape index (κ3) is 5.43. The first-order chi connectivity index (χ1) is 9.15. The Hall–Kier alpha value is -0.710. The zero-order valence-corrected chi connectivity index (χ0v) is 12.2. The topological polar surface area (TPSA) is 49.3 Å². The maximum absolute atomic E-state index is 11.6. The standard InChI is InChI=1S/C14H18ClNO2S/c15-11-3-5-12(6-4-11)19-8-7-14(18)16-9-13(17)10-1-2-10/h3-6,10,13,17H,1-2,7-9H2,(H,16,18). The van der Waals surface area contributed by atoms with Crippen LogP contribution in [0.5, 0.6) is 0 Å². The molecule has 1 aliphatic rings. The van der Waals surface area contributed by atoms with Gasteiger partial charge in [0, 0.05) is 28.6 Å². The highest BCUT2D eigenvalue weighted by Crippen LogP contribution is 2.32. The average Bonchev–Trinajstić information content (AvgIpc) is 3.23. The molecule has 1 aliphatic carbocycles. The molecule has 0 aliphatic heterocycles. The molecule has 0 radical (unpaired) electrons. The van der Waals surface area contributed by atoms with Crippen LogP contribution >= 0.6 is 23.4 Å². The highest BCUT2D eigenvalue weighted by atomic mass is 35.5. The van der Waals surface area contributed by atoms with E-state index in [9.17, 15) is 9.90 Å². The summed E-state index contributed by atoms with van der Waals surface area (Å²) in [5, 5.41) is 13.1. The number of aliphatic hydroxyl groups excluding tert-OH is 1. The van der Waals surface area contributed by atoms with Gasteiger partial charge in [-0.1, -0.05) is 11.6 Å². The zero-order chi connectivity index (χ0) is 13.7. The molecule has 5 heteroatoms. The van der Waals surface area contributed by atoms with Crippen molar-refractivity contribution in [3.8, 4) is 0 Å². The molecule has 1 aromatic carbocycles. The molecule has 1 fully saturated rings. The van der Waals surface area contributed by atoms with Crippen LogP contribution < -0.4 is 5.32 Å². The second-order valence-electron chi connectivity index (χ2n) is 4.76. The van der Waals surface area contributed by atoms with Crippen molar-refractivity contribution in [1.29, 1.82) is 0 Å². The van der Waals surface area contributed by atoms with Gasteiger partial charge in [0.05, 0.1) is 6.10 Å². The smallest absolute Gasteiger partial charge is 0.220 e. The lowest BCUT2D eigenvalue weighted by molar-refractivity contribution is -0.121. The third-order valence-electron chi connectivity index (χ3n) is 3.09. The van der Waals surface area contributed by atoms with Crippen molar-refractivity contribution in [2.45, 2.75) is 30.3 Å². The molecule has 1 atom stereocenters. The number of nitrogens with one attached hydrogen (secondary N) is 1. The van der Waals surface area contributed by atoms with Crippen molar-refractivity contribution in [3.05, 3.63) is 29.3 Å². The first-order valence-corrected chi connectivity index (χ1v) is 7.84. The Labute approximate surface area is 122 Å². The maximum Gasteiger partial charge on any atom is 0.220 e. The van der Waals surface area contributed by atoms with Crippen molar-refractivity contribution in [1.82, 2.24) is 5.32 Å². The van der Waals surface area contributed by atoms with E-state index in [-0.39, 0.29) is 12.0 Å². The Morgan fingerprint density at radius 1 is 1.42 bits per heavy atom. The Kier molecular flexibility index (Phi) is 5.55. The molecule has 2 rings (SSSR count). The lowest BCUT2D eigenvalue weighted by Crippen LogP contribution is -2.33. The Morgan fingerprint density at radius 3 is 2.74 bits per heavy atom. The molecule has 19 heavy (non-hydrogen) atoms. The molecule has 0 spiro atoms. The van der Waals surface area contributed by atoms with Crippen molar-refractivity contribution >= 4 is 29.3 Å². The van der Waals surface area contributed by atoms with Crippen LogP contribution in [0.25, 0.3) is 0 Å². The van der Waals surface area contributed by atoms with Crippen LogP contribution in [0.4, 0.5) is 0 Å². The number of rotatable bonds is 7. The third-order valence-corrected chi connectivity index (χ3v) is 4.35. The van der Waals surface area contributed by atoms with Gasteiger partial charge in [0.1, 0.15) is 0 Å². The first kappa shape index (κ1) is 14.7. The number of halogens is 1.